The van der Waals surface area contributed by atoms with Crippen molar-refractivity contribution in [1.82, 2.24) is 10.2 Å². The van der Waals surface area contributed by atoms with E-state index in [-0.39, 0.29) is 18.5 Å². The van der Waals surface area contributed by atoms with Crippen molar-refractivity contribution in [2.45, 2.75) is 59.2 Å². The first kappa shape index (κ1) is 27.9. The normalized spacial score (nSPS) is 13.1. The van der Waals surface area contributed by atoms with Gasteiger partial charge in [-0.15, -0.1) is 0 Å². The zero-order valence-corrected chi connectivity index (χ0v) is 22.8. The number of halogens is 1. The zero-order chi connectivity index (χ0) is 25.5. The van der Waals surface area contributed by atoms with E-state index < -0.39 is 28.5 Å². The summed E-state index contributed by atoms with van der Waals surface area (Å²) in [5.74, 6) is -0.696. The maximum Gasteiger partial charge on any atom is 0.244 e. The number of sulfonamides is 1. The summed E-state index contributed by atoms with van der Waals surface area (Å²) >= 11 is 3.38. The average molecular weight is 553 g/mol. The molecular formula is C25H34BrN3O4S. The molecule has 0 heterocycles. The highest BCUT2D eigenvalue weighted by Gasteiger charge is 2.32. The van der Waals surface area contributed by atoms with Gasteiger partial charge in [0.25, 0.3) is 0 Å². The van der Waals surface area contributed by atoms with Crippen molar-refractivity contribution < 1.29 is 18.0 Å². The van der Waals surface area contributed by atoms with E-state index >= 15 is 0 Å². The molecule has 34 heavy (non-hydrogen) atoms. The molecule has 0 radical (unpaired) electrons. The molecular weight excluding hydrogens is 518 g/mol. The molecule has 0 unspecified atom stereocenters. The number of para-hydroxylation sites is 1. The molecule has 2 aromatic carbocycles. The standard InChI is InChI=1S/C25H34BrN3O4S/c1-6-19(4)27-25(31)22(7-2)28(16-20-12-10-11-18(3)15-20)24(30)17-29(34(5,32)33)23-14-9-8-13-21(23)26/h8-15,19,22H,6-7,16-17H2,1-5H3,(H,27,31)/t19-,22+/m0/s1. The molecule has 0 aromatic heterocycles. The summed E-state index contributed by atoms with van der Waals surface area (Å²) in [6.45, 7) is 7.47. The smallest absolute Gasteiger partial charge is 0.244 e. The number of rotatable bonds is 11. The third-order valence-corrected chi connectivity index (χ3v) is 7.42. The minimum atomic E-state index is -3.77. The van der Waals surface area contributed by atoms with Gasteiger partial charge in [-0.1, -0.05) is 55.8 Å². The van der Waals surface area contributed by atoms with Gasteiger partial charge < -0.3 is 10.2 Å². The molecule has 9 heteroatoms. The number of benzene rings is 2. The molecule has 0 saturated heterocycles. The first-order chi connectivity index (χ1) is 16.0. The third kappa shape index (κ3) is 7.56. The number of hydrogen-bond donors (Lipinski definition) is 1. The van der Waals surface area contributed by atoms with Crippen molar-refractivity contribution >= 4 is 43.5 Å². The fraction of sp³-hybridized carbons (Fsp3) is 0.440. The maximum atomic E-state index is 13.7. The maximum absolute atomic E-state index is 13.7. The molecule has 0 spiro atoms. The summed E-state index contributed by atoms with van der Waals surface area (Å²) in [6.07, 6.45) is 2.23. The van der Waals surface area contributed by atoms with Crippen LogP contribution < -0.4 is 9.62 Å². The van der Waals surface area contributed by atoms with Crippen LogP contribution in [0, 0.1) is 6.92 Å². The highest BCUT2D eigenvalue weighted by atomic mass is 79.9. The van der Waals surface area contributed by atoms with Gasteiger partial charge in [0.15, 0.2) is 0 Å². The Balaban J connectivity index is 2.45. The van der Waals surface area contributed by atoms with Crippen molar-refractivity contribution in [3.8, 4) is 0 Å². The molecule has 1 N–H and O–H groups in total. The van der Waals surface area contributed by atoms with Gasteiger partial charge in [0.1, 0.15) is 12.6 Å². The Kier molecular flexibility index (Phi) is 10.1. The number of hydrogen-bond acceptors (Lipinski definition) is 4. The van der Waals surface area contributed by atoms with Gasteiger partial charge in [-0.05, 0) is 60.3 Å². The first-order valence-corrected chi connectivity index (χ1v) is 14.0. The van der Waals surface area contributed by atoms with Gasteiger partial charge in [0.05, 0.1) is 11.9 Å². The van der Waals surface area contributed by atoms with Gasteiger partial charge in [0.2, 0.25) is 21.8 Å². The lowest BCUT2D eigenvalue weighted by Crippen LogP contribution is -2.53. The van der Waals surface area contributed by atoms with Crippen LogP contribution in [0.2, 0.25) is 0 Å². The van der Waals surface area contributed by atoms with E-state index in [2.05, 4.69) is 21.2 Å². The first-order valence-electron chi connectivity index (χ1n) is 11.4. The number of aryl methyl sites for hydroxylation is 1. The lowest BCUT2D eigenvalue weighted by atomic mass is 10.1. The summed E-state index contributed by atoms with van der Waals surface area (Å²) in [4.78, 5) is 28.3. The molecule has 0 aliphatic heterocycles. The fourth-order valence-corrected chi connectivity index (χ4v) is 5.09. The Labute approximate surface area is 211 Å². The number of amides is 2. The second kappa shape index (κ2) is 12.4. The summed E-state index contributed by atoms with van der Waals surface area (Å²) in [7, 11) is -3.77. The van der Waals surface area contributed by atoms with Gasteiger partial charge >= 0.3 is 0 Å². The van der Waals surface area contributed by atoms with Crippen LogP contribution in [0.25, 0.3) is 0 Å². The molecule has 0 aliphatic carbocycles. The number of nitrogens with one attached hydrogen (secondary N) is 1. The van der Waals surface area contributed by atoms with Crippen LogP contribution in [-0.4, -0.2) is 50.0 Å². The van der Waals surface area contributed by atoms with Gasteiger partial charge in [-0.2, -0.15) is 0 Å². The topological polar surface area (TPSA) is 86.8 Å². The lowest BCUT2D eigenvalue weighted by molar-refractivity contribution is -0.140. The van der Waals surface area contributed by atoms with Crippen LogP contribution in [0.1, 0.15) is 44.7 Å². The van der Waals surface area contributed by atoms with Crippen LogP contribution in [-0.2, 0) is 26.2 Å². The van der Waals surface area contributed by atoms with Crippen molar-refractivity contribution in [3.05, 3.63) is 64.1 Å². The molecule has 186 valence electrons. The van der Waals surface area contributed by atoms with E-state index in [0.717, 1.165) is 28.1 Å². The minimum absolute atomic E-state index is 0.0368. The minimum Gasteiger partial charge on any atom is -0.352 e. The molecule has 2 atom stereocenters. The molecule has 2 aromatic rings. The SMILES string of the molecule is CC[C@H](C(=O)N[C@@H](C)CC)N(Cc1cccc(C)c1)C(=O)CN(c1ccccc1Br)S(C)(=O)=O. The Morgan fingerprint density at radius 3 is 2.29 bits per heavy atom. The number of nitrogens with zero attached hydrogens (tertiary/aromatic N) is 2. The van der Waals surface area contributed by atoms with Gasteiger partial charge in [-0.25, -0.2) is 8.42 Å². The quantitative estimate of drug-likeness (QED) is 0.452. The van der Waals surface area contributed by atoms with Crippen molar-refractivity contribution in [1.29, 1.82) is 0 Å². The van der Waals surface area contributed by atoms with Crippen LogP contribution in [0.5, 0.6) is 0 Å². The second-order valence-corrected chi connectivity index (χ2v) is 11.2. The van der Waals surface area contributed by atoms with E-state index in [1.807, 2.05) is 52.0 Å². The highest BCUT2D eigenvalue weighted by Crippen LogP contribution is 2.28. The molecule has 0 saturated carbocycles. The summed E-state index contributed by atoms with van der Waals surface area (Å²) in [5, 5.41) is 2.97. The van der Waals surface area contributed by atoms with Crippen molar-refractivity contribution in [2.75, 3.05) is 17.1 Å². The molecule has 0 fully saturated rings. The van der Waals surface area contributed by atoms with E-state index in [9.17, 15) is 18.0 Å². The molecule has 2 rings (SSSR count). The van der Waals surface area contributed by atoms with Crippen molar-refractivity contribution in [3.63, 3.8) is 0 Å². The summed E-state index contributed by atoms with van der Waals surface area (Å²) in [6, 6.07) is 13.8. The van der Waals surface area contributed by atoms with Crippen LogP contribution in [0.3, 0.4) is 0 Å². The molecule has 2 amide bonds. The van der Waals surface area contributed by atoms with Crippen molar-refractivity contribution in [2.24, 2.45) is 0 Å². The predicted molar refractivity (Wildman–Crippen MR) is 140 cm³/mol. The fourth-order valence-electron chi connectivity index (χ4n) is 3.62. The van der Waals surface area contributed by atoms with Crippen LogP contribution in [0.4, 0.5) is 5.69 Å². The van der Waals surface area contributed by atoms with Gasteiger partial charge in [-0.3, -0.25) is 13.9 Å². The molecule has 7 nitrogen and oxygen atoms in total. The molecule has 0 bridgehead atoms. The Bertz CT molecular complexity index is 1110. The molecule has 0 aliphatic rings. The summed E-state index contributed by atoms with van der Waals surface area (Å²) in [5.41, 5.74) is 2.27. The Hall–Kier alpha value is -2.39. The predicted octanol–water partition coefficient (Wildman–Crippen LogP) is 4.25. The highest BCUT2D eigenvalue weighted by molar-refractivity contribution is 9.10. The van der Waals surface area contributed by atoms with Crippen LogP contribution in [0.15, 0.2) is 53.0 Å². The van der Waals surface area contributed by atoms with E-state index in [1.54, 1.807) is 24.3 Å². The monoisotopic (exact) mass is 551 g/mol. The largest absolute Gasteiger partial charge is 0.352 e. The second-order valence-electron chi connectivity index (χ2n) is 8.47. The van der Waals surface area contributed by atoms with Gasteiger partial charge in [0, 0.05) is 17.1 Å². The summed E-state index contributed by atoms with van der Waals surface area (Å²) < 4.78 is 26.9. The Morgan fingerprint density at radius 1 is 1.06 bits per heavy atom. The Morgan fingerprint density at radius 2 is 1.74 bits per heavy atom. The van der Waals surface area contributed by atoms with E-state index in [4.69, 9.17) is 0 Å². The number of carbonyl (C=O) groups is 2. The number of anilines is 1. The number of carbonyl (C=O) groups excluding carboxylic acids is 2. The third-order valence-electron chi connectivity index (χ3n) is 5.62. The average Bonchev–Trinajstić information content (AvgIpc) is 2.77. The zero-order valence-electron chi connectivity index (χ0n) is 20.4. The van der Waals surface area contributed by atoms with E-state index in [0.29, 0.717) is 16.6 Å². The van der Waals surface area contributed by atoms with E-state index in [1.165, 1.54) is 4.90 Å². The van der Waals surface area contributed by atoms with Crippen LogP contribution >= 0.6 is 15.9 Å². The lowest BCUT2D eigenvalue weighted by Gasteiger charge is -2.33.